The molecule has 146 valence electrons. The molecule has 0 radical (unpaired) electrons. The van der Waals surface area contributed by atoms with Crippen molar-refractivity contribution < 1.29 is 9.53 Å². The number of hydrogen-bond acceptors (Lipinski definition) is 5. The quantitative estimate of drug-likeness (QED) is 0.554. The molecule has 1 saturated heterocycles. The van der Waals surface area contributed by atoms with Gasteiger partial charge in [-0.1, -0.05) is 11.3 Å². The van der Waals surface area contributed by atoms with Crippen molar-refractivity contribution in [3.8, 4) is 5.69 Å². The van der Waals surface area contributed by atoms with Crippen molar-refractivity contribution in [2.75, 3.05) is 36.5 Å². The monoisotopic (exact) mass is 404 g/mol. The van der Waals surface area contributed by atoms with Gasteiger partial charge in [-0.15, -0.1) is 0 Å². The van der Waals surface area contributed by atoms with Crippen LogP contribution in [-0.4, -0.2) is 41.8 Å². The lowest BCUT2D eigenvalue weighted by Crippen LogP contribution is -2.36. The van der Waals surface area contributed by atoms with E-state index in [2.05, 4.69) is 10.2 Å². The minimum absolute atomic E-state index is 0.124. The van der Waals surface area contributed by atoms with Crippen molar-refractivity contribution in [2.45, 2.75) is 0 Å². The Bertz CT molecular complexity index is 1130. The highest BCUT2D eigenvalue weighted by molar-refractivity contribution is 7.22. The number of carbonyl (C=O) groups is 1. The molecule has 1 aliphatic heterocycles. The molecule has 4 aromatic rings. The summed E-state index contributed by atoms with van der Waals surface area (Å²) in [6.07, 6.45) is 3.95. The zero-order valence-electron chi connectivity index (χ0n) is 15.7. The second kappa shape index (κ2) is 7.69. The van der Waals surface area contributed by atoms with Crippen LogP contribution in [0.5, 0.6) is 0 Å². The summed E-state index contributed by atoms with van der Waals surface area (Å²) in [5.74, 6) is -0.124. The first-order valence-corrected chi connectivity index (χ1v) is 10.4. The van der Waals surface area contributed by atoms with Crippen LogP contribution in [0, 0.1) is 0 Å². The van der Waals surface area contributed by atoms with E-state index in [0.717, 1.165) is 53.0 Å². The van der Waals surface area contributed by atoms with E-state index in [1.165, 1.54) is 0 Å². The van der Waals surface area contributed by atoms with Crippen molar-refractivity contribution in [1.82, 2.24) is 9.55 Å². The number of fused-ring (bicyclic) bond motifs is 1. The number of amides is 1. The molecule has 5 rings (SSSR count). The summed E-state index contributed by atoms with van der Waals surface area (Å²) >= 11 is 1.65. The minimum Gasteiger partial charge on any atom is -0.378 e. The molecule has 0 atom stereocenters. The number of nitrogens with one attached hydrogen (secondary N) is 1. The summed E-state index contributed by atoms with van der Waals surface area (Å²) in [6.45, 7) is 3.20. The fourth-order valence-corrected chi connectivity index (χ4v) is 4.43. The van der Waals surface area contributed by atoms with Gasteiger partial charge in [0.1, 0.15) is 0 Å². The Balaban J connectivity index is 1.32. The number of carbonyl (C=O) groups excluding carboxylic acids is 1. The van der Waals surface area contributed by atoms with Crippen LogP contribution in [0.1, 0.15) is 10.4 Å². The Morgan fingerprint density at radius 1 is 1.03 bits per heavy atom. The molecule has 1 fully saturated rings. The van der Waals surface area contributed by atoms with Gasteiger partial charge in [-0.25, -0.2) is 4.98 Å². The third-order valence-corrected chi connectivity index (χ3v) is 6.03. The Morgan fingerprint density at radius 3 is 2.55 bits per heavy atom. The van der Waals surface area contributed by atoms with Gasteiger partial charge in [0.2, 0.25) is 0 Å². The third-order valence-electron chi connectivity index (χ3n) is 4.95. The number of benzene rings is 2. The lowest BCUT2D eigenvalue weighted by molar-refractivity contribution is 0.102. The second-order valence-corrected chi connectivity index (χ2v) is 7.88. The molecule has 1 aliphatic rings. The molecule has 2 aromatic carbocycles. The van der Waals surface area contributed by atoms with Gasteiger partial charge in [0.05, 0.1) is 23.4 Å². The van der Waals surface area contributed by atoms with Crippen LogP contribution in [0.2, 0.25) is 0 Å². The highest BCUT2D eigenvalue weighted by atomic mass is 32.1. The van der Waals surface area contributed by atoms with E-state index in [1.807, 2.05) is 71.6 Å². The molecule has 0 spiro atoms. The Morgan fingerprint density at radius 2 is 1.79 bits per heavy atom. The molecule has 6 nitrogen and oxygen atoms in total. The molecule has 3 heterocycles. The van der Waals surface area contributed by atoms with Crippen molar-refractivity contribution in [2.24, 2.45) is 0 Å². The molecule has 0 aliphatic carbocycles. The zero-order valence-corrected chi connectivity index (χ0v) is 16.6. The molecule has 0 bridgehead atoms. The fourth-order valence-electron chi connectivity index (χ4n) is 3.37. The first-order valence-electron chi connectivity index (χ1n) is 9.54. The van der Waals surface area contributed by atoms with Crippen LogP contribution in [-0.2, 0) is 4.74 Å². The molecule has 29 heavy (non-hydrogen) atoms. The maximum atomic E-state index is 12.6. The first-order chi connectivity index (χ1) is 14.3. The number of thiazole rings is 1. The van der Waals surface area contributed by atoms with E-state index in [0.29, 0.717) is 5.56 Å². The van der Waals surface area contributed by atoms with Crippen LogP contribution in [0.3, 0.4) is 0 Å². The van der Waals surface area contributed by atoms with Gasteiger partial charge in [0.25, 0.3) is 5.91 Å². The summed E-state index contributed by atoms with van der Waals surface area (Å²) < 4.78 is 8.48. The van der Waals surface area contributed by atoms with Crippen LogP contribution in [0.15, 0.2) is 67.0 Å². The maximum Gasteiger partial charge on any atom is 0.255 e. The van der Waals surface area contributed by atoms with Crippen molar-refractivity contribution in [3.05, 3.63) is 72.6 Å². The SMILES string of the molecule is O=C(Nc1ccc2nc(N3CCOCC3)sc2c1)c1ccc(-n2cccc2)cc1. The Kier molecular flexibility index (Phi) is 4.75. The van der Waals surface area contributed by atoms with Gasteiger partial charge in [-0.2, -0.15) is 0 Å². The highest BCUT2D eigenvalue weighted by Gasteiger charge is 2.16. The van der Waals surface area contributed by atoms with E-state index in [-0.39, 0.29) is 5.91 Å². The second-order valence-electron chi connectivity index (χ2n) is 6.87. The predicted molar refractivity (Wildman–Crippen MR) is 116 cm³/mol. The number of morpholine rings is 1. The first kappa shape index (κ1) is 17.9. The number of rotatable bonds is 4. The third kappa shape index (κ3) is 3.74. The minimum atomic E-state index is -0.124. The van der Waals surface area contributed by atoms with Gasteiger partial charge >= 0.3 is 0 Å². The van der Waals surface area contributed by atoms with Gasteiger partial charge in [0.15, 0.2) is 5.13 Å². The summed E-state index contributed by atoms with van der Waals surface area (Å²) in [5.41, 5.74) is 3.37. The number of hydrogen-bond donors (Lipinski definition) is 1. The van der Waals surface area contributed by atoms with Crippen LogP contribution < -0.4 is 10.2 Å². The number of ether oxygens (including phenoxy) is 1. The molecule has 0 saturated carbocycles. The normalized spacial score (nSPS) is 14.3. The zero-order chi connectivity index (χ0) is 19.6. The summed E-state index contributed by atoms with van der Waals surface area (Å²) in [5, 5.41) is 4.00. The van der Waals surface area contributed by atoms with E-state index in [1.54, 1.807) is 11.3 Å². The molecular formula is C22H20N4O2S. The van der Waals surface area contributed by atoms with Crippen LogP contribution in [0.25, 0.3) is 15.9 Å². The smallest absolute Gasteiger partial charge is 0.255 e. The van der Waals surface area contributed by atoms with Crippen molar-refractivity contribution in [1.29, 1.82) is 0 Å². The molecule has 1 N–H and O–H groups in total. The highest BCUT2D eigenvalue weighted by Crippen LogP contribution is 2.31. The Labute approximate surface area is 172 Å². The molecule has 0 unspecified atom stereocenters. The molecule has 2 aromatic heterocycles. The van der Waals surface area contributed by atoms with Gasteiger partial charge < -0.3 is 19.5 Å². The summed E-state index contributed by atoms with van der Waals surface area (Å²) in [7, 11) is 0. The van der Waals surface area contributed by atoms with Gasteiger partial charge in [0, 0.05) is 42.4 Å². The average Bonchev–Trinajstić information content (AvgIpc) is 3.44. The van der Waals surface area contributed by atoms with E-state index >= 15 is 0 Å². The fraction of sp³-hybridized carbons (Fsp3) is 0.182. The van der Waals surface area contributed by atoms with Crippen LogP contribution >= 0.6 is 11.3 Å². The van der Waals surface area contributed by atoms with E-state index < -0.39 is 0 Å². The van der Waals surface area contributed by atoms with Crippen molar-refractivity contribution >= 4 is 38.3 Å². The summed E-state index contributed by atoms with van der Waals surface area (Å²) in [4.78, 5) is 19.6. The standard InChI is InChI=1S/C22H20N4O2S/c27-21(16-3-6-18(7-4-16)25-9-1-2-10-25)23-17-5-8-19-20(15-17)29-22(24-19)26-11-13-28-14-12-26/h1-10,15H,11-14H2,(H,23,27). The average molecular weight is 404 g/mol. The number of anilines is 2. The molecular weight excluding hydrogens is 384 g/mol. The van der Waals surface area contributed by atoms with Gasteiger partial charge in [-0.05, 0) is 54.6 Å². The van der Waals surface area contributed by atoms with Gasteiger partial charge in [-0.3, -0.25) is 4.79 Å². The molecule has 1 amide bonds. The van der Waals surface area contributed by atoms with E-state index in [4.69, 9.17) is 9.72 Å². The van der Waals surface area contributed by atoms with Crippen molar-refractivity contribution in [3.63, 3.8) is 0 Å². The maximum absolute atomic E-state index is 12.6. The Hall–Kier alpha value is -3.16. The predicted octanol–water partition coefficient (Wildman–Crippen LogP) is 4.18. The lowest BCUT2D eigenvalue weighted by atomic mass is 10.2. The number of nitrogens with zero attached hydrogens (tertiary/aromatic N) is 3. The largest absolute Gasteiger partial charge is 0.378 e. The number of aromatic nitrogens is 2. The summed E-state index contributed by atoms with van der Waals surface area (Å²) in [6, 6.07) is 17.4. The molecule has 7 heteroatoms. The topological polar surface area (TPSA) is 59.4 Å². The lowest BCUT2D eigenvalue weighted by Gasteiger charge is -2.25. The van der Waals surface area contributed by atoms with Crippen LogP contribution in [0.4, 0.5) is 10.8 Å². The van der Waals surface area contributed by atoms with E-state index in [9.17, 15) is 4.79 Å².